The van der Waals surface area contributed by atoms with E-state index in [2.05, 4.69) is 4.84 Å². The molecule has 11 nitrogen and oxygen atoms in total. The minimum atomic E-state index is -4.72. The molecule has 1 aromatic carbocycles. The van der Waals surface area contributed by atoms with Crippen molar-refractivity contribution in [1.29, 1.82) is 0 Å². The highest BCUT2D eigenvalue weighted by Gasteiger charge is 2.48. The minimum absolute atomic E-state index is 0.0103. The zero-order chi connectivity index (χ0) is 23.8. The van der Waals surface area contributed by atoms with Gasteiger partial charge in [-0.25, -0.2) is 0 Å². The van der Waals surface area contributed by atoms with Crippen molar-refractivity contribution in [1.82, 2.24) is 4.57 Å². The Morgan fingerprint density at radius 3 is 2.41 bits per heavy atom. The van der Waals surface area contributed by atoms with Gasteiger partial charge in [-0.3, -0.25) is 4.79 Å². The van der Waals surface area contributed by atoms with Crippen LogP contribution in [-0.4, -0.2) is 26.4 Å². The zero-order valence-electron chi connectivity index (χ0n) is 16.6. The Kier molecular flexibility index (Phi) is 5.72. The molecule has 2 aromatic rings. The standard InChI is InChI=1S/C18H16F3N3O8/c1-17(2)16(32-24(28)29)15(12-8-11(18(19,20)21)3-4-13(12)31-17)22-6-5-10(7-14(22)25)9-30-23(26)27/h3-8,15-16H,9H2,1-2H3. The lowest BCUT2D eigenvalue weighted by Crippen LogP contribution is -2.54. The third-order valence-corrected chi connectivity index (χ3v) is 4.85. The second-order valence-electron chi connectivity index (χ2n) is 7.43. The van der Waals surface area contributed by atoms with Crippen molar-refractivity contribution in [2.24, 2.45) is 0 Å². The molecule has 0 N–H and O–H groups in total. The van der Waals surface area contributed by atoms with Crippen LogP contribution in [0.25, 0.3) is 0 Å². The van der Waals surface area contributed by atoms with Crippen molar-refractivity contribution in [3.63, 3.8) is 0 Å². The smallest absolute Gasteiger partial charge is 0.416 e. The van der Waals surface area contributed by atoms with Crippen molar-refractivity contribution in [3.05, 3.63) is 83.8 Å². The number of pyridine rings is 1. The van der Waals surface area contributed by atoms with Gasteiger partial charge in [-0.1, -0.05) is 0 Å². The highest BCUT2D eigenvalue weighted by molar-refractivity contribution is 5.44. The maximum Gasteiger partial charge on any atom is 0.416 e. The van der Waals surface area contributed by atoms with E-state index in [1.54, 1.807) is 0 Å². The predicted molar refractivity (Wildman–Crippen MR) is 98.6 cm³/mol. The molecule has 0 aliphatic carbocycles. The fourth-order valence-electron chi connectivity index (χ4n) is 3.48. The number of aromatic nitrogens is 1. The molecule has 1 aliphatic rings. The average molecular weight is 459 g/mol. The normalized spacial score (nSPS) is 19.4. The largest absolute Gasteiger partial charge is 0.485 e. The Balaban J connectivity index is 2.18. The van der Waals surface area contributed by atoms with Crippen LogP contribution in [0, 0.1) is 20.2 Å². The third kappa shape index (κ3) is 4.58. The molecule has 32 heavy (non-hydrogen) atoms. The van der Waals surface area contributed by atoms with Gasteiger partial charge in [0.15, 0.2) is 6.10 Å². The number of rotatable bonds is 6. The molecule has 0 amide bonds. The topological polar surface area (TPSA) is 136 Å². The summed E-state index contributed by atoms with van der Waals surface area (Å²) in [4.78, 5) is 43.2. The van der Waals surface area contributed by atoms with Gasteiger partial charge in [-0.05, 0) is 43.7 Å². The molecule has 2 unspecified atom stereocenters. The van der Waals surface area contributed by atoms with Crippen LogP contribution in [0.4, 0.5) is 13.2 Å². The number of fused-ring (bicyclic) bond motifs is 1. The predicted octanol–water partition coefficient (Wildman–Crippen LogP) is 2.91. The summed E-state index contributed by atoms with van der Waals surface area (Å²) < 4.78 is 46.6. The highest BCUT2D eigenvalue weighted by atomic mass is 19.4. The summed E-state index contributed by atoms with van der Waals surface area (Å²) in [6, 6.07) is 3.47. The van der Waals surface area contributed by atoms with E-state index in [1.165, 1.54) is 19.9 Å². The molecule has 14 heteroatoms. The monoisotopic (exact) mass is 459 g/mol. The van der Waals surface area contributed by atoms with Gasteiger partial charge in [0.2, 0.25) is 0 Å². The Labute approximate surface area is 177 Å². The molecule has 1 aliphatic heterocycles. The molecule has 1 aromatic heterocycles. The van der Waals surface area contributed by atoms with Gasteiger partial charge in [0.05, 0.1) is 11.6 Å². The highest BCUT2D eigenvalue weighted by Crippen LogP contribution is 2.45. The molecule has 2 atom stereocenters. The molecule has 2 heterocycles. The molecule has 0 bridgehead atoms. The number of hydrogen-bond donors (Lipinski definition) is 0. The number of ether oxygens (including phenoxy) is 1. The van der Waals surface area contributed by atoms with Gasteiger partial charge in [0.25, 0.3) is 15.7 Å². The lowest BCUT2D eigenvalue weighted by atomic mass is 9.85. The van der Waals surface area contributed by atoms with E-state index in [9.17, 15) is 38.2 Å². The molecular formula is C18H16F3N3O8. The Morgan fingerprint density at radius 2 is 1.84 bits per heavy atom. The Bertz CT molecular complexity index is 1120. The summed E-state index contributed by atoms with van der Waals surface area (Å²) in [5.41, 5.74) is -3.30. The number of hydrogen-bond acceptors (Lipinski definition) is 8. The van der Waals surface area contributed by atoms with Crippen molar-refractivity contribution >= 4 is 0 Å². The number of halogens is 3. The van der Waals surface area contributed by atoms with Crippen LogP contribution in [0.2, 0.25) is 0 Å². The number of benzene rings is 1. The van der Waals surface area contributed by atoms with Crippen LogP contribution < -0.4 is 10.3 Å². The van der Waals surface area contributed by atoms with Gasteiger partial charge >= 0.3 is 6.18 Å². The lowest BCUT2D eigenvalue weighted by Gasteiger charge is -2.43. The fourth-order valence-corrected chi connectivity index (χ4v) is 3.48. The molecule has 3 rings (SSSR count). The zero-order valence-corrected chi connectivity index (χ0v) is 16.6. The van der Waals surface area contributed by atoms with Gasteiger partial charge in [-0.2, -0.15) is 13.2 Å². The Hall–Kier alpha value is -3.84. The van der Waals surface area contributed by atoms with Crippen molar-refractivity contribution in [2.75, 3.05) is 0 Å². The molecule has 0 radical (unpaired) electrons. The quantitative estimate of drug-likeness (QED) is 0.475. The van der Waals surface area contributed by atoms with Crippen LogP contribution in [0.15, 0.2) is 41.3 Å². The van der Waals surface area contributed by atoms with E-state index in [0.717, 1.165) is 35.0 Å². The van der Waals surface area contributed by atoms with Gasteiger partial charge in [0, 0.05) is 17.8 Å². The van der Waals surface area contributed by atoms with Crippen LogP contribution in [-0.2, 0) is 22.5 Å². The van der Waals surface area contributed by atoms with Gasteiger partial charge in [0.1, 0.15) is 18.0 Å². The first-order chi connectivity index (χ1) is 14.8. The third-order valence-electron chi connectivity index (χ3n) is 4.85. The maximum absolute atomic E-state index is 13.3. The summed E-state index contributed by atoms with van der Waals surface area (Å²) in [7, 11) is 0. The van der Waals surface area contributed by atoms with E-state index >= 15 is 0 Å². The average Bonchev–Trinajstić information content (AvgIpc) is 2.66. The van der Waals surface area contributed by atoms with Crippen molar-refractivity contribution < 1.29 is 37.8 Å². The van der Waals surface area contributed by atoms with Crippen LogP contribution >= 0.6 is 0 Å². The van der Waals surface area contributed by atoms with Crippen LogP contribution in [0.5, 0.6) is 5.75 Å². The van der Waals surface area contributed by atoms with E-state index < -0.39 is 51.8 Å². The van der Waals surface area contributed by atoms with Crippen molar-refractivity contribution in [2.45, 2.75) is 44.4 Å². The summed E-state index contributed by atoms with van der Waals surface area (Å²) in [5, 5.41) is 19.3. The van der Waals surface area contributed by atoms with Gasteiger partial charge in [-0.15, -0.1) is 20.2 Å². The maximum atomic E-state index is 13.3. The summed E-state index contributed by atoms with van der Waals surface area (Å²) in [5.74, 6) is -0.0103. The summed E-state index contributed by atoms with van der Waals surface area (Å²) in [6.07, 6.45) is -5.08. The fraction of sp³-hybridized carbons (Fsp3) is 0.389. The van der Waals surface area contributed by atoms with Gasteiger partial charge < -0.3 is 19.0 Å². The minimum Gasteiger partial charge on any atom is -0.485 e. The molecular weight excluding hydrogens is 443 g/mol. The van der Waals surface area contributed by atoms with E-state index in [0.29, 0.717) is 0 Å². The Morgan fingerprint density at radius 1 is 1.16 bits per heavy atom. The molecule has 0 saturated heterocycles. The van der Waals surface area contributed by atoms with E-state index in [1.807, 2.05) is 0 Å². The van der Waals surface area contributed by atoms with E-state index in [-0.39, 0.29) is 16.9 Å². The summed E-state index contributed by atoms with van der Waals surface area (Å²) >= 11 is 0. The second kappa shape index (κ2) is 8.01. The van der Waals surface area contributed by atoms with Crippen LogP contribution in [0.1, 0.15) is 36.6 Å². The molecule has 0 fully saturated rings. The number of nitrogens with zero attached hydrogens (tertiary/aromatic N) is 3. The SMILES string of the molecule is CC1(C)Oc2ccc(C(F)(F)F)cc2C(n2ccc(CO[N+](=O)[O-])cc2=O)C1O[N+](=O)[O-]. The molecule has 172 valence electrons. The molecule has 0 spiro atoms. The van der Waals surface area contributed by atoms with E-state index in [4.69, 9.17) is 9.57 Å². The lowest BCUT2D eigenvalue weighted by molar-refractivity contribution is -0.773. The first-order valence-electron chi connectivity index (χ1n) is 8.99. The summed E-state index contributed by atoms with van der Waals surface area (Å²) in [6.45, 7) is 2.32. The second-order valence-corrected chi connectivity index (χ2v) is 7.43. The first-order valence-corrected chi connectivity index (χ1v) is 8.99. The van der Waals surface area contributed by atoms with Crippen LogP contribution in [0.3, 0.4) is 0 Å². The van der Waals surface area contributed by atoms with Crippen molar-refractivity contribution in [3.8, 4) is 5.75 Å². The number of alkyl halides is 3. The molecule has 0 saturated carbocycles. The first kappa shape index (κ1) is 22.8.